The summed E-state index contributed by atoms with van der Waals surface area (Å²) in [5, 5.41) is 20.0. The molecule has 0 bridgehead atoms. The van der Waals surface area contributed by atoms with Gasteiger partial charge in [-0.1, -0.05) is 30.3 Å². The van der Waals surface area contributed by atoms with Gasteiger partial charge < -0.3 is 14.9 Å². The maximum absolute atomic E-state index is 14.8. The molecule has 2 atom stereocenters. The molecule has 1 saturated heterocycles. The predicted octanol–water partition coefficient (Wildman–Crippen LogP) is 5.58. The van der Waals surface area contributed by atoms with E-state index in [0.717, 1.165) is 36.8 Å². The smallest absolute Gasteiger partial charge is 0.307 e. The van der Waals surface area contributed by atoms with E-state index in [-0.39, 0.29) is 42.7 Å². The number of ether oxygens (including phenoxy) is 1. The second-order valence-corrected chi connectivity index (χ2v) is 14.7. The van der Waals surface area contributed by atoms with Crippen molar-refractivity contribution >= 4 is 15.8 Å². The number of halogens is 1. The van der Waals surface area contributed by atoms with Crippen LogP contribution in [0.4, 0.5) is 4.39 Å². The van der Waals surface area contributed by atoms with Crippen LogP contribution in [0.5, 0.6) is 5.75 Å². The third kappa shape index (κ3) is 6.11. The van der Waals surface area contributed by atoms with Gasteiger partial charge in [-0.3, -0.25) is 4.79 Å². The van der Waals surface area contributed by atoms with Crippen LogP contribution >= 0.6 is 0 Å². The van der Waals surface area contributed by atoms with Gasteiger partial charge >= 0.3 is 5.97 Å². The number of fused-ring (bicyclic) bond motifs is 3. The van der Waals surface area contributed by atoms with Crippen LogP contribution in [0, 0.1) is 18.7 Å². The molecule has 2 aliphatic carbocycles. The Kier molecular flexibility index (Phi) is 7.64. The Morgan fingerprint density at radius 1 is 1.00 bits per heavy atom. The van der Waals surface area contributed by atoms with Gasteiger partial charge in [0.15, 0.2) is 9.84 Å². The van der Waals surface area contributed by atoms with Crippen molar-refractivity contribution in [1.82, 2.24) is 0 Å². The summed E-state index contributed by atoms with van der Waals surface area (Å²) in [5.41, 5.74) is 7.49. The molecule has 222 valence electrons. The second-order valence-electron chi connectivity index (χ2n) is 12.4. The Bertz CT molecular complexity index is 1630. The Morgan fingerprint density at radius 3 is 2.38 bits per heavy atom. The minimum Gasteiger partial charge on any atom is -0.491 e. The zero-order valence-corrected chi connectivity index (χ0v) is 24.7. The number of hydrogen-bond acceptors (Lipinski definition) is 5. The maximum Gasteiger partial charge on any atom is 0.307 e. The number of carboxylic acids is 1. The summed E-state index contributed by atoms with van der Waals surface area (Å²) in [4.78, 5) is 11.2. The van der Waals surface area contributed by atoms with E-state index in [0.29, 0.717) is 24.2 Å². The number of carbonyl (C=O) groups is 1. The lowest BCUT2D eigenvalue weighted by Gasteiger charge is -2.31. The summed E-state index contributed by atoms with van der Waals surface area (Å²) in [5.74, 6) is -1.18. The summed E-state index contributed by atoms with van der Waals surface area (Å²) >= 11 is 0. The van der Waals surface area contributed by atoms with Crippen LogP contribution in [0.25, 0.3) is 11.1 Å². The zero-order chi connectivity index (χ0) is 29.6. The minimum absolute atomic E-state index is 0.0108. The van der Waals surface area contributed by atoms with Gasteiger partial charge in [-0.05, 0) is 121 Å². The van der Waals surface area contributed by atoms with E-state index >= 15 is 0 Å². The summed E-state index contributed by atoms with van der Waals surface area (Å²) in [6.45, 7) is 2.15. The van der Waals surface area contributed by atoms with Crippen LogP contribution < -0.4 is 4.74 Å². The molecule has 42 heavy (non-hydrogen) atoms. The molecule has 3 aromatic rings. The molecule has 1 heterocycles. The van der Waals surface area contributed by atoms with Gasteiger partial charge in [-0.25, -0.2) is 12.8 Å². The average Bonchev–Trinajstić information content (AvgIpc) is 3.76. The SMILES string of the molecule is Cc1cc(OCC2(O)CCS(=O)(=O)CC2)cc2c1-c1cc(CCc3ccc([C@H]4C[C@@H]4C(=O)O)c(F)c3)ccc1CCC2. The van der Waals surface area contributed by atoms with Crippen molar-refractivity contribution < 1.29 is 32.6 Å². The molecule has 1 saturated carbocycles. The highest BCUT2D eigenvalue weighted by Gasteiger charge is 2.45. The highest BCUT2D eigenvalue weighted by Crippen LogP contribution is 2.48. The van der Waals surface area contributed by atoms with Crippen LogP contribution in [0.3, 0.4) is 0 Å². The normalized spacial score (nSPS) is 22.0. The van der Waals surface area contributed by atoms with E-state index in [4.69, 9.17) is 4.74 Å². The first-order valence-corrected chi connectivity index (χ1v) is 16.6. The van der Waals surface area contributed by atoms with Gasteiger partial charge in [0.25, 0.3) is 0 Å². The van der Waals surface area contributed by atoms with Crippen molar-refractivity contribution in [3.05, 3.63) is 87.7 Å². The third-order valence-corrected chi connectivity index (χ3v) is 10.9. The Hall–Kier alpha value is -3.23. The number of aliphatic carboxylic acids is 1. The van der Waals surface area contributed by atoms with Gasteiger partial charge in [-0.2, -0.15) is 0 Å². The first kappa shape index (κ1) is 28.9. The summed E-state index contributed by atoms with van der Waals surface area (Å²) in [6.07, 6.45) is 5.23. The fraction of sp³-hybridized carbons (Fsp3) is 0.441. The van der Waals surface area contributed by atoms with Gasteiger partial charge in [0.2, 0.25) is 0 Å². The van der Waals surface area contributed by atoms with Gasteiger partial charge in [-0.15, -0.1) is 0 Å². The average molecular weight is 593 g/mol. The summed E-state index contributed by atoms with van der Waals surface area (Å²) in [7, 11) is -3.07. The molecule has 8 heteroatoms. The van der Waals surface area contributed by atoms with Gasteiger partial charge in [0, 0.05) is 5.92 Å². The van der Waals surface area contributed by atoms with Crippen LogP contribution in [0.1, 0.15) is 65.0 Å². The topological polar surface area (TPSA) is 101 Å². The highest BCUT2D eigenvalue weighted by molar-refractivity contribution is 7.91. The van der Waals surface area contributed by atoms with Gasteiger partial charge in [0.1, 0.15) is 23.8 Å². The lowest BCUT2D eigenvalue weighted by atomic mass is 9.90. The molecule has 0 amide bonds. The monoisotopic (exact) mass is 592 g/mol. The first-order valence-electron chi connectivity index (χ1n) is 14.8. The first-order chi connectivity index (χ1) is 20.0. The predicted molar refractivity (Wildman–Crippen MR) is 159 cm³/mol. The largest absolute Gasteiger partial charge is 0.491 e. The molecular weight excluding hydrogens is 555 g/mol. The summed E-state index contributed by atoms with van der Waals surface area (Å²) < 4.78 is 44.4. The second kappa shape index (κ2) is 11.1. The van der Waals surface area contributed by atoms with Crippen molar-refractivity contribution in [2.75, 3.05) is 18.1 Å². The van der Waals surface area contributed by atoms with Crippen molar-refractivity contribution in [2.24, 2.45) is 5.92 Å². The fourth-order valence-corrected chi connectivity index (χ4v) is 8.18. The molecule has 2 fully saturated rings. The highest BCUT2D eigenvalue weighted by atomic mass is 32.2. The molecule has 0 spiro atoms. The molecule has 6 rings (SSSR count). The van der Waals surface area contributed by atoms with Crippen molar-refractivity contribution in [2.45, 2.75) is 69.8 Å². The Morgan fingerprint density at radius 2 is 1.69 bits per heavy atom. The lowest BCUT2D eigenvalue weighted by molar-refractivity contribution is -0.138. The summed E-state index contributed by atoms with van der Waals surface area (Å²) in [6, 6.07) is 15.9. The van der Waals surface area contributed by atoms with E-state index < -0.39 is 27.3 Å². The number of hydrogen-bond donors (Lipinski definition) is 2. The van der Waals surface area contributed by atoms with Gasteiger partial charge in [0.05, 0.1) is 17.4 Å². The van der Waals surface area contributed by atoms with Crippen LogP contribution in [-0.2, 0) is 40.3 Å². The van der Waals surface area contributed by atoms with E-state index in [1.165, 1.54) is 27.8 Å². The van der Waals surface area contributed by atoms with E-state index in [2.05, 4.69) is 31.2 Å². The van der Waals surface area contributed by atoms with Crippen LogP contribution in [-0.4, -0.2) is 48.3 Å². The number of aliphatic hydroxyl groups is 1. The molecule has 2 N–H and O–H groups in total. The Labute approximate surface area is 246 Å². The fourth-order valence-electron chi connectivity index (χ4n) is 6.60. The van der Waals surface area contributed by atoms with Crippen molar-refractivity contribution in [1.29, 1.82) is 0 Å². The molecule has 0 radical (unpaired) electrons. The molecule has 0 unspecified atom stereocenters. The molecule has 3 aliphatic rings. The number of rotatable bonds is 8. The minimum atomic E-state index is -3.07. The quantitative estimate of drug-likeness (QED) is 0.354. The van der Waals surface area contributed by atoms with Crippen molar-refractivity contribution in [3.63, 3.8) is 0 Å². The molecule has 0 aromatic heterocycles. The number of aryl methyl sites for hydroxylation is 5. The van der Waals surface area contributed by atoms with Crippen molar-refractivity contribution in [3.8, 4) is 16.9 Å². The Balaban J connectivity index is 1.17. The standard InChI is InChI=1S/C34H37FO6S/c1-21-15-26(41-20-34(38)11-13-42(39,40)14-12-34)18-25-4-2-3-24-9-7-22(16-28(24)32(21)25)5-6-23-8-10-27(31(35)17-23)29-19-30(29)33(36)37/h7-10,15-18,29-30,38H,2-6,11-14,19-20H2,1H3,(H,36,37)/t29-,30+/m1/s1. The maximum atomic E-state index is 14.8. The van der Waals surface area contributed by atoms with Crippen LogP contribution in [0.2, 0.25) is 0 Å². The van der Waals surface area contributed by atoms with E-state index in [1.807, 2.05) is 12.1 Å². The number of benzene rings is 3. The third-order valence-electron chi connectivity index (χ3n) is 9.27. The zero-order valence-electron chi connectivity index (χ0n) is 23.9. The van der Waals surface area contributed by atoms with E-state index in [1.54, 1.807) is 12.1 Å². The molecule has 3 aromatic carbocycles. The molecule has 6 nitrogen and oxygen atoms in total. The lowest BCUT2D eigenvalue weighted by Crippen LogP contribution is -2.43. The number of carboxylic acid groups (broad SMARTS) is 1. The van der Waals surface area contributed by atoms with Crippen LogP contribution in [0.15, 0.2) is 48.5 Å². The number of sulfone groups is 1. The molecular formula is C34H37FO6S. The van der Waals surface area contributed by atoms with E-state index in [9.17, 15) is 27.8 Å². The molecule has 1 aliphatic heterocycles.